The minimum atomic E-state index is -4.34. The van der Waals surface area contributed by atoms with Crippen LogP contribution in [-0.2, 0) is 12.7 Å². The molecule has 2 aromatic rings. The highest BCUT2D eigenvalue weighted by Crippen LogP contribution is 2.34. The maximum Gasteiger partial charge on any atom is 0.418 e. The van der Waals surface area contributed by atoms with E-state index in [4.69, 9.17) is 0 Å². The van der Waals surface area contributed by atoms with Crippen LogP contribution in [0.15, 0.2) is 29.6 Å². The number of halogens is 3. The second-order valence-corrected chi connectivity index (χ2v) is 4.72. The zero-order valence-electron chi connectivity index (χ0n) is 9.58. The fourth-order valence-electron chi connectivity index (χ4n) is 1.54. The molecule has 0 aliphatic heterocycles. The molecule has 0 aliphatic rings. The smallest absolute Gasteiger partial charge is 0.378 e. The zero-order chi connectivity index (χ0) is 13.2. The summed E-state index contributed by atoms with van der Waals surface area (Å²) in [6, 6.07) is 5.44. The van der Waals surface area contributed by atoms with Crippen LogP contribution in [0.5, 0.6) is 0 Å². The Hall–Kier alpha value is -1.56. The van der Waals surface area contributed by atoms with Crippen molar-refractivity contribution in [1.29, 1.82) is 0 Å². The number of nitrogens with one attached hydrogen (secondary N) is 1. The Labute approximate surface area is 106 Å². The molecule has 0 spiro atoms. The molecule has 96 valence electrons. The van der Waals surface area contributed by atoms with Gasteiger partial charge in [0.25, 0.3) is 0 Å². The van der Waals surface area contributed by atoms with Gasteiger partial charge in [-0.1, -0.05) is 12.1 Å². The summed E-state index contributed by atoms with van der Waals surface area (Å²) in [5.41, 5.74) is 0.303. The zero-order valence-corrected chi connectivity index (χ0v) is 10.4. The first-order valence-corrected chi connectivity index (χ1v) is 6.16. The number of hydrogen-bond donors (Lipinski definition) is 1. The van der Waals surface area contributed by atoms with Crippen molar-refractivity contribution in [3.8, 4) is 0 Å². The van der Waals surface area contributed by atoms with Crippen LogP contribution in [-0.4, -0.2) is 4.98 Å². The van der Waals surface area contributed by atoms with Crippen molar-refractivity contribution in [2.45, 2.75) is 19.6 Å². The average Bonchev–Trinajstić information content (AvgIpc) is 2.72. The van der Waals surface area contributed by atoms with E-state index in [0.29, 0.717) is 6.54 Å². The molecule has 0 unspecified atom stereocenters. The highest BCUT2D eigenvalue weighted by molar-refractivity contribution is 7.09. The fourth-order valence-corrected chi connectivity index (χ4v) is 2.25. The van der Waals surface area contributed by atoms with Gasteiger partial charge in [0.05, 0.1) is 12.1 Å². The monoisotopic (exact) mass is 272 g/mol. The average molecular weight is 272 g/mol. The van der Waals surface area contributed by atoms with Gasteiger partial charge in [0.1, 0.15) is 5.01 Å². The predicted octanol–water partition coefficient (Wildman–Crippen LogP) is 4.08. The van der Waals surface area contributed by atoms with Crippen LogP contribution < -0.4 is 5.32 Å². The van der Waals surface area contributed by atoms with E-state index in [1.807, 2.05) is 12.3 Å². The molecule has 1 heterocycles. The van der Waals surface area contributed by atoms with Gasteiger partial charge in [-0.2, -0.15) is 13.2 Å². The van der Waals surface area contributed by atoms with Crippen molar-refractivity contribution in [3.63, 3.8) is 0 Å². The summed E-state index contributed by atoms with van der Waals surface area (Å²) >= 11 is 1.43. The Balaban J connectivity index is 2.14. The maximum absolute atomic E-state index is 12.7. The number of hydrogen-bond acceptors (Lipinski definition) is 3. The number of thiazole rings is 1. The Kier molecular flexibility index (Phi) is 3.56. The van der Waals surface area contributed by atoms with Crippen LogP contribution in [0.25, 0.3) is 0 Å². The number of aryl methyl sites for hydroxylation is 1. The Morgan fingerprint density at radius 3 is 2.61 bits per heavy atom. The summed E-state index contributed by atoms with van der Waals surface area (Å²) in [6.45, 7) is 2.15. The van der Waals surface area contributed by atoms with Crippen molar-refractivity contribution in [3.05, 3.63) is 45.9 Å². The lowest BCUT2D eigenvalue weighted by Gasteiger charge is -2.13. The minimum absolute atomic E-state index is 0.0813. The molecule has 0 amide bonds. The molecule has 0 radical (unpaired) electrons. The fraction of sp³-hybridized carbons (Fsp3) is 0.250. The van der Waals surface area contributed by atoms with Gasteiger partial charge in [0.15, 0.2) is 0 Å². The van der Waals surface area contributed by atoms with E-state index in [-0.39, 0.29) is 5.69 Å². The number of rotatable bonds is 3. The van der Waals surface area contributed by atoms with Gasteiger partial charge in [0, 0.05) is 16.8 Å². The summed E-state index contributed by atoms with van der Waals surface area (Å²) < 4.78 is 38.2. The summed E-state index contributed by atoms with van der Waals surface area (Å²) in [5.74, 6) is 0. The van der Waals surface area contributed by atoms with Crippen LogP contribution in [0, 0.1) is 6.92 Å². The molecule has 18 heavy (non-hydrogen) atoms. The van der Waals surface area contributed by atoms with Crippen molar-refractivity contribution in [2.24, 2.45) is 0 Å². The third-order valence-corrected chi connectivity index (χ3v) is 3.30. The molecule has 6 heteroatoms. The Morgan fingerprint density at radius 1 is 1.28 bits per heavy atom. The van der Waals surface area contributed by atoms with E-state index in [1.54, 1.807) is 6.07 Å². The molecule has 0 aliphatic carbocycles. The number of aromatic nitrogens is 1. The first-order valence-electron chi connectivity index (χ1n) is 5.28. The number of para-hydroxylation sites is 1. The molecule has 0 saturated carbocycles. The highest BCUT2D eigenvalue weighted by atomic mass is 32.1. The standard InChI is InChI=1S/C12H11F3N2S/c1-8-7-18-11(17-8)6-16-10-5-3-2-4-9(10)12(13,14)15/h2-5,7,16H,6H2,1H3. The van der Waals surface area contributed by atoms with Gasteiger partial charge in [-0.25, -0.2) is 4.98 Å². The van der Waals surface area contributed by atoms with Crippen molar-refractivity contribution < 1.29 is 13.2 Å². The molecule has 0 bridgehead atoms. The van der Waals surface area contributed by atoms with Gasteiger partial charge in [-0.05, 0) is 19.1 Å². The summed E-state index contributed by atoms with van der Waals surface area (Å²) in [6.07, 6.45) is -4.34. The maximum atomic E-state index is 12.7. The van der Waals surface area contributed by atoms with E-state index in [0.717, 1.165) is 16.8 Å². The van der Waals surface area contributed by atoms with E-state index in [2.05, 4.69) is 10.3 Å². The second-order valence-electron chi connectivity index (χ2n) is 3.78. The Morgan fingerprint density at radius 2 is 2.00 bits per heavy atom. The molecular formula is C12H11F3N2S. The summed E-state index contributed by atoms with van der Waals surface area (Å²) in [5, 5.41) is 5.41. The first kappa shape index (κ1) is 12.9. The number of alkyl halides is 3. The second kappa shape index (κ2) is 4.97. The van der Waals surface area contributed by atoms with Crippen LogP contribution in [0.1, 0.15) is 16.3 Å². The van der Waals surface area contributed by atoms with Crippen molar-refractivity contribution in [2.75, 3.05) is 5.32 Å². The quantitative estimate of drug-likeness (QED) is 0.910. The van der Waals surface area contributed by atoms with Gasteiger partial charge >= 0.3 is 6.18 Å². The van der Waals surface area contributed by atoms with E-state index >= 15 is 0 Å². The van der Waals surface area contributed by atoms with Gasteiger partial charge in [0.2, 0.25) is 0 Å². The number of anilines is 1. The molecule has 1 N–H and O–H groups in total. The van der Waals surface area contributed by atoms with E-state index in [1.165, 1.54) is 23.5 Å². The lowest BCUT2D eigenvalue weighted by molar-refractivity contribution is -0.136. The van der Waals surface area contributed by atoms with E-state index < -0.39 is 11.7 Å². The molecule has 0 saturated heterocycles. The molecule has 0 fully saturated rings. The summed E-state index contributed by atoms with van der Waals surface area (Å²) in [7, 11) is 0. The Bertz CT molecular complexity index is 534. The summed E-state index contributed by atoms with van der Waals surface area (Å²) in [4.78, 5) is 4.19. The molecule has 1 aromatic heterocycles. The lowest BCUT2D eigenvalue weighted by Crippen LogP contribution is -2.10. The number of nitrogens with zero attached hydrogens (tertiary/aromatic N) is 1. The first-order chi connectivity index (χ1) is 8.47. The van der Waals surface area contributed by atoms with Crippen LogP contribution in [0.4, 0.5) is 18.9 Å². The highest BCUT2D eigenvalue weighted by Gasteiger charge is 2.33. The molecule has 1 aromatic carbocycles. The molecule has 2 nitrogen and oxygen atoms in total. The third-order valence-electron chi connectivity index (χ3n) is 2.33. The normalized spacial score (nSPS) is 11.6. The molecular weight excluding hydrogens is 261 g/mol. The van der Waals surface area contributed by atoms with Gasteiger partial charge in [-0.3, -0.25) is 0 Å². The number of benzene rings is 1. The van der Waals surface area contributed by atoms with Crippen molar-refractivity contribution >= 4 is 17.0 Å². The van der Waals surface area contributed by atoms with Gasteiger partial charge in [-0.15, -0.1) is 11.3 Å². The SMILES string of the molecule is Cc1csc(CNc2ccccc2C(F)(F)F)n1. The van der Waals surface area contributed by atoms with Crippen LogP contribution >= 0.6 is 11.3 Å². The van der Waals surface area contributed by atoms with Crippen LogP contribution in [0.2, 0.25) is 0 Å². The minimum Gasteiger partial charge on any atom is -0.378 e. The molecule has 2 rings (SSSR count). The third kappa shape index (κ3) is 3.01. The molecule has 0 atom stereocenters. The topological polar surface area (TPSA) is 24.9 Å². The largest absolute Gasteiger partial charge is 0.418 e. The predicted molar refractivity (Wildman–Crippen MR) is 65.6 cm³/mol. The van der Waals surface area contributed by atoms with E-state index in [9.17, 15) is 13.2 Å². The van der Waals surface area contributed by atoms with Crippen molar-refractivity contribution in [1.82, 2.24) is 4.98 Å². The van der Waals surface area contributed by atoms with Crippen LogP contribution in [0.3, 0.4) is 0 Å². The lowest BCUT2D eigenvalue weighted by atomic mass is 10.1. The van der Waals surface area contributed by atoms with Gasteiger partial charge < -0.3 is 5.32 Å².